The van der Waals surface area contributed by atoms with E-state index in [1.807, 2.05) is 30.3 Å². The summed E-state index contributed by atoms with van der Waals surface area (Å²) < 4.78 is 5.29. The van der Waals surface area contributed by atoms with Crippen molar-refractivity contribution in [2.75, 3.05) is 13.7 Å². The van der Waals surface area contributed by atoms with Crippen molar-refractivity contribution in [3.05, 3.63) is 63.1 Å². The van der Waals surface area contributed by atoms with E-state index in [1.54, 1.807) is 18.1 Å². The van der Waals surface area contributed by atoms with Crippen molar-refractivity contribution in [3.8, 4) is 11.9 Å². The van der Waals surface area contributed by atoms with Crippen LogP contribution in [0.4, 0.5) is 0 Å². The van der Waals surface area contributed by atoms with Crippen molar-refractivity contribution in [3.63, 3.8) is 0 Å². The topological polar surface area (TPSA) is 36.3 Å². The number of methoxy groups -OCH3 is 1. The average Bonchev–Trinajstić information content (AvgIpc) is 2.52. The van der Waals surface area contributed by atoms with E-state index in [2.05, 4.69) is 6.19 Å². The molecule has 0 bridgehead atoms. The predicted octanol–water partition coefficient (Wildman–Crippen LogP) is 4.43. The summed E-state index contributed by atoms with van der Waals surface area (Å²) in [6.45, 7) is 0.658. The Hall–Kier alpha value is -1.89. The molecule has 1 aliphatic rings. The fourth-order valence-electron chi connectivity index (χ4n) is 2.93. The Labute approximate surface area is 139 Å². The second-order valence-electron chi connectivity index (χ2n) is 5.21. The Balaban J connectivity index is 2.14. The van der Waals surface area contributed by atoms with Gasteiger partial charge in [0, 0.05) is 16.6 Å². The van der Waals surface area contributed by atoms with Gasteiger partial charge in [-0.2, -0.15) is 5.26 Å². The van der Waals surface area contributed by atoms with Crippen LogP contribution in [0, 0.1) is 11.5 Å². The summed E-state index contributed by atoms with van der Waals surface area (Å²) in [6, 6.07) is 11.2. The summed E-state index contributed by atoms with van der Waals surface area (Å²) in [5.74, 6) is 0.826. The van der Waals surface area contributed by atoms with E-state index in [0.717, 1.165) is 23.3 Å². The quantitative estimate of drug-likeness (QED) is 0.763. The van der Waals surface area contributed by atoms with Crippen LogP contribution in [-0.2, 0) is 6.42 Å². The maximum absolute atomic E-state index is 9.47. The number of fused-ring (bicyclic) bond motifs is 1. The fourth-order valence-corrected chi connectivity index (χ4v) is 3.47. The first kappa shape index (κ1) is 15.0. The molecule has 2 aromatic rings. The Kier molecular flexibility index (Phi) is 4.15. The third-order valence-electron chi connectivity index (χ3n) is 3.91. The summed E-state index contributed by atoms with van der Waals surface area (Å²) in [4.78, 5) is 1.76. The molecule has 1 unspecified atom stereocenters. The normalized spacial score (nSPS) is 16.8. The summed E-state index contributed by atoms with van der Waals surface area (Å²) in [6.07, 6.45) is 3.09. The molecule has 0 N–H and O–H groups in total. The monoisotopic (exact) mass is 332 g/mol. The number of nitriles is 1. The molecule has 3 rings (SSSR count). The Bertz CT molecular complexity index is 735. The van der Waals surface area contributed by atoms with Gasteiger partial charge in [-0.25, -0.2) is 0 Å². The minimum absolute atomic E-state index is 0.171. The Morgan fingerprint density at radius 1 is 1.18 bits per heavy atom. The first-order valence-corrected chi connectivity index (χ1v) is 7.67. The van der Waals surface area contributed by atoms with E-state index >= 15 is 0 Å². The molecule has 0 spiro atoms. The first-order valence-electron chi connectivity index (χ1n) is 6.91. The number of rotatable bonds is 2. The molecule has 0 saturated heterocycles. The largest absolute Gasteiger partial charge is 0.497 e. The smallest absolute Gasteiger partial charge is 0.180 e. The maximum Gasteiger partial charge on any atom is 0.180 e. The zero-order valence-electron chi connectivity index (χ0n) is 12.0. The van der Waals surface area contributed by atoms with Crippen LogP contribution < -0.4 is 4.74 Å². The molecule has 3 nitrogen and oxygen atoms in total. The lowest BCUT2D eigenvalue weighted by molar-refractivity contribution is 0.314. The highest BCUT2D eigenvalue weighted by Gasteiger charge is 2.29. The molecule has 0 radical (unpaired) electrons. The Morgan fingerprint density at radius 3 is 2.55 bits per heavy atom. The molecule has 0 aromatic heterocycles. The first-order chi connectivity index (χ1) is 10.6. The highest BCUT2D eigenvalue weighted by molar-refractivity contribution is 6.34. The van der Waals surface area contributed by atoms with Crippen LogP contribution in [-0.4, -0.2) is 18.6 Å². The van der Waals surface area contributed by atoms with E-state index in [9.17, 15) is 5.26 Å². The van der Waals surface area contributed by atoms with Crippen LogP contribution in [0.1, 0.15) is 22.7 Å². The number of halogens is 2. The third-order valence-corrected chi connectivity index (χ3v) is 4.34. The van der Waals surface area contributed by atoms with Gasteiger partial charge in [-0.3, -0.25) is 4.90 Å². The molecule has 0 saturated carbocycles. The molecule has 0 amide bonds. The van der Waals surface area contributed by atoms with Crippen molar-refractivity contribution < 1.29 is 4.74 Å². The van der Waals surface area contributed by atoms with Gasteiger partial charge in [0.25, 0.3) is 0 Å². The highest BCUT2D eigenvalue weighted by atomic mass is 35.5. The molecule has 2 aromatic carbocycles. The van der Waals surface area contributed by atoms with Crippen LogP contribution in [0.2, 0.25) is 10.0 Å². The van der Waals surface area contributed by atoms with Gasteiger partial charge in [-0.15, -0.1) is 0 Å². The summed E-state index contributed by atoms with van der Waals surface area (Å²) >= 11 is 12.3. The van der Waals surface area contributed by atoms with Gasteiger partial charge in [0.15, 0.2) is 6.19 Å². The molecule has 22 heavy (non-hydrogen) atoms. The van der Waals surface area contributed by atoms with Gasteiger partial charge in [-0.1, -0.05) is 29.3 Å². The van der Waals surface area contributed by atoms with Crippen molar-refractivity contribution >= 4 is 23.2 Å². The van der Waals surface area contributed by atoms with E-state index in [-0.39, 0.29) is 6.04 Å². The molecular weight excluding hydrogens is 319 g/mol. The summed E-state index contributed by atoms with van der Waals surface area (Å²) in [7, 11) is 1.65. The number of ether oxygens (including phenoxy) is 1. The SMILES string of the molecule is COc1ccc2c(c1)CCN(C#N)C2c1cc(Cl)cc(Cl)c1. The van der Waals surface area contributed by atoms with Crippen LogP contribution in [0.25, 0.3) is 0 Å². The van der Waals surface area contributed by atoms with Crippen molar-refractivity contribution in [1.82, 2.24) is 4.90 Å². The van der Waals surface area contributed by atoms with Gasteiger partial charge < -0.3 is 4.74 Å². The van der Waals surface area contributed by atoms with Crippen molar-refractivity contribution in [1.29, 1.82) is 5.26 Å². The second kappa shape index (κ2) is 6.08. The van der Waals surface area contributed by atoms with Crippen LogP contribution in [0.5, 0.6) is 5.75 Å². The molecular formula is C17H14Cl2N2O. The van der Waals surface area contributed by atoms with Crippen molar-refractivity contribution in [2.24, 2.45) is 0 Å². The van der Waals surface area contributed by atoms with Gasteiger partial charge in [0.1, 0.15) is 5.75 Å². The zero-order chi connectivity index (χ0) is 15.7. The fraction of sp³-hybridized carbons (Fsp3) is 0.235. The number of nitrogens with zero attached hydrogens (tertiary/aromatic N) is 2. The van der Waals surface area contributed by atoms with Gasteiger partial charge in [-0.05, 0) is 53.4 Å². The minimum Gasteiger partial charge on any atom is -0.497 e. The summed E-state index contributed by atoms with van der Waals surface area (Å²) in [5, 5.41) is 10.6. The van der Waals surface area contributed by atoms with E-state index in [1.165, 1.54) is 5.56 Å². The second-order valence-corrected chi connectivity index (χ2v) is 6.09. The van der Waals surface area contributed by atoms with Crippen LogP contribution >= 0.6 is 23.2 Å². The lowest BCUT2D eigenvalue weighted by Crippen LogP contribution is -2.32. The van der Waals surface area contributed by atoms with E-state index in [4.69, 9.17) is 27.9 Å². The van der Waals surface area contributed by atoms with Crippen molar-refractivity contribution in [2.45, 2.75) is 12.5 Å². The molecule has 1 aliphatic heterocycles. The third kappa shape index (κ3) is 2.72. The molecule has 0 aliphatic carbocycles. The molecule has 1 heterocycles. The van der Waals surface area contributed by atoms with Crippen LogP contribution in [0.15, 0.2) is 36.4 Å². The average molecular weight is 333 g/mol. The number of benzene rings is 2. The standard InChI is InChI=1S/C17H14Cl2N2O/c1-22-15-2-3-16-11(8-15)4-5-21(10-20)17(16)12-6-13(18)9-14(19)7-12/h2-3,6-9,17H,4-5H2,1H3. The minimum atomic E-state index is -0.171. The maximum atomic E-state index is 9.47. The molecule has 1 atom stereocenters. The predicted molar refractivity (Wildman–Crippen MR) is 87.3 cm³/mol. The highest BCUT2D eigenvalue weighted by Crippen LogP contribution is 2.38. The number of hydrogen-bond acceptors (Lipinski definition) is 3. The van der Waals surface area contributed by atoms with E-state index in [0.29, 0.717) is 16.6 Å². The van der Waals surface area contributed by atoms with Crippen LogP contribution in [0.3, 0.4) is 0 Å². The summed E-state index contributed by atoms with van der Waals surface area (Å²) in [5.41, 5.74) is 3.20. The zero-order valence-corrected chi connectivity index (χ0v) is 13.5. The molecule has 112 valence electrons. The number of hydrogen-bond donors (Lipinski definition) is 0. The lowest BCUT2D eigenvalue weighted by Gasteiger charge is -2.34. The Morgan fingerprint density at radius 2 is 1.91 bits per heavy atom. The van der Waals surface area contributed by atoms with Gasteiger partial charge in [0.05, 0.1) is 13.2 Å². The van der Waals surface area contributed by atoms with E-state index < -0.39 is 0 Å². The molecule has 5 heteroatoms. The van der Waals surface area contributed by atoms with Gasteiger partial charge in [0.2, 0.25) is 0 Å². The van der Waals surface area contributed by atoms with Gasteiger partial charge >= 0.3 is 0 Å². The molecule has 0 fully saturated rings. The lowest BCUT2D eigenvalue weighted by atomic mass is 9.88.